The van der Waals surface area contributed by atoms with E-state index in [0.29, 0.717) is 16.5 Å². The molecule has 0 saturated heterocycles. The number of carbonyl (C=O) groups excluding carboxylic acids is 1. The second-order valence-corrected chi connectivity index (χ2v) is 3.78. The molecule has 2 aromatic rings. The first-order chi connectivity index (χ1) is 7.20. The van der Waals surface area contributed by atoms with Crippen LogP contribution in [-0.4, -0.2) is 17.3 Å². The van der Waals surface area contributed by atoms with E-state index >= 15 is 0 Å². The lowest BCUT2D eigenvalue weighted by atomic mass is 10.2. The Morgan fingerprint density at radius 2 is 2.33 bits per heavy atom. The van der Waals surface area contributed by atoms with Gasteiger partial charge in [0.25, 0.3) is 0 Å². The lowest BCUT2D eigenvalue weighted by Crippen LogP contribution is -1.95. The van der Waals surface area contributed by atoms with Gasteiger partial charge in [0.05, 0.1) is 7.11 Å². The topological polar surface area (TPSA) is 52.3 Å². The molecule has 0 bridgehead atoms. The van der Waals surface area contributed by atoms with Crippen LogP contribution in [0.3, 0.4) is 0 Å². The summed E-state index contributed by atoms with van der Waals surface area (Å²) in [4.78, 5) is 12.3. The van der Waals surface area contributed by atoms with Crippen LogP contribution in [0.25, 0.3) is 0 Å². The number of carbonyl (C=O) groups is 1. The third-order valence-corrected chi connectivity index (χ3v) is 2.66. The molecular formula is C10H9NO3S. The van der Waals surface area contributed by atoms with Crippen LogP contribution in [0.1, 0.15) is 21.2 Å². The fourth-order valence-electron chi connectivity index (χ4n) is 1.14. The van der Waals surface area contributed by atoms with Gasteiger partial charge in [-0.25, -0.2) is 0 Å². The number of ether oxygens (including phenoxy) is 1. The number of nitrogens with zero attached hydrogens (tertiary/aromatic N) is 1. The number of ketones is 1. The molecule has 2 heterocycles. The molecule has 5 heteroatoms. The van der Waals surface area contributed by atoms with E-state index in [-0.39, 0.29) is 5.78 Å². The highest BCUT2D eigenvalue weighted by atomic mass is 32.1. The molecule has 15 heavy (non-hydrogen) atoms. The highest BCUT2D eigenvalue weighted by Gasteiger charge is 2.16. The fourth-order valence-corrected chi connectivity index (χ4v) is 1.79. The van der Waals surface area contributed by atoms with Crippen molar-refractivity contribution in [1.29, 1.82) is 0 Å². The fraction of sp³-hybridized carbons (Fsp3) is 0.200. The normalized spacial score (nSPS) is 10.3. The van der Waals surface area contributed by atoms with Crippen LogP contribution in [0.4, 0.5) is 0 Å². The van der Waals surface area contributed by atoms with Crippen LogP contribution >= 0.6 is 11.5 Å². The maximum atomic E-state index is 11.8. The van der Waals surface area contributed by atoms with Crippen molar-refractivity contribution in [3.8, 4) is 5.88 Å². The number of hydrogen-bond donors (Lipinski definition) is 0. The van der Waals surface area contributed by atoms with Crippen molar-refractivity contribution in [3.05, 3.63) is 34.6 Å². The SMILES string of the molecule is COc1cc(C(=O)c2ccc(C)o2)sn1. The minimum Gasteiger partial charge on any atom is -0.480 e. The molecule has 0 amide bonds. The zero-order chi connectivity index (χ0) is 10.8. The molecule has 0 unspecified atom stereocenters. The molecule has 2 aromatic heterocycles. The third-order valence-electron chi connectivity index (χ3n) is 1.89. The van der Waals surface area contributed by atoms with Gasteiger partial charge < -0.3 is 9.15 Å². The van der Waals surface area contributed by atoms with Gasteiger partial charge in [-0.05, 0) is 30.6 Å². The van der Waals surface area contributed by atoms with Gasteiger partial charge in [-0.1, -0.05) is 0 Å². The first kappa shape index (κ1) is 9.92. The van der Waals surface area contributed by atoms with E-state index < -0.39 is 0 Å². The second-order valence-electron chi connectivity index (χ2n) is 2.97. The van der Waals surface area contributed by atoms with E-state index in [0.717, 1.165) is 17.3 Å². The largest absolute Gasteiger partial charge is 0.480 e. The molecule has 0 fully saturated rings. The van der Waals surface area contributed by atoms with Gasteiger partial charge in [0.15, 0.2) is 5.76 Å². The lowest BCUT2D eigenvalue weighted by molar-refractivity contribution is 0.101. The third kappa shape index (κ3) is 1.92. The molecule has 0 N–H and O–H groups in total. The maximum Gasteiger partial charge on any atom is 0.239 e. The summed E-state index contributed by atoms with van der Waals surface area (Å²) in [7, 11) is 1.51. The van der Waals surface area contributed by atoms with Crippen molar-refractivity contribution in [1.82, 2.24) is 4.37 Å². The Kier molecular flexibility index (Phi) is 2.55. The average Bonchev–Trinajstić information content (AvgIpc) is 2.84. The zero-order valence-electron chi connectivity index (χ0n) is 8.31. The quantitative estimate of drug-likeness (QED) is 0.749. The molecule has 0 aromatic carbocycles. The molecule has 0 spiro atoms. The number of methoxy groups -OCH3 is 1. The van der Waals surface area contributed by atoms with Crippen LogP contribution in [0.5, 0.6) is 5.88 Å². The van der Waals surface area contributed by atoms with Crippen LogP contribution in [-0.2, 0) is 0 Å². The summed E-state index contributed by atoms with van der Waals surface area (Å²) in [5.41, 5.74) is 0. The van der Waals surface area contributed by atoms with E-state index in [1.165, 1.54) is 7.11 Å². The molecule has 0 aliphatic rings. The van der Waals surface area contributed by atoms with Gasteiger partial charge >= 0.3 is 0 Å². The van der Waals surface area contributed by atoms with Crippen molar-refractivity contribution in [3.63, 3.8) is 0 Å². The summed E-state index contributed by atoms with van der Waals surface area (Å²) >= 11 is 1.10. The molecule has 0 radical (unpaired) electrons. The summed E-state index contributed by atoms with van der Waals surface area (Å²) in [5, 5.41) is 0. The van der Waals surface area contributed by atoms with Gasteiger partial charge in [0, 0.05) is 6.07 Å². The predicted molar refractivity (Wildman–Crippen MR) is 55.5 cm³/mol. The molecular weight excluding hydrogens is 214 g/mol. The molecule has 0 aliphatic carbocycles. The van der Waals surface area contributed by atoms with Crippen molar-refractivity contribution in [2.75, 3.05) is 7.11 Å². The van der Waals surface area contributed by atoms with Crippen LogP contribution in [0.2, 0.25) is 0 Å². The Morgan fingerprint density at radius 1 is 1.53 bits per heavy atom. The number of aryl methyl sites for hydroxylation is 1. The van der Waals surface area contributed by atoms with Gasteiger partial charge in [-0.15, -0.1) is 0 Å². The average molecular weight is 223 g/mol. The van der Waals surface area contributed by atoms with Gasteiger partial charge in [-0.2, -0.15) is 4.37 Å². The highest BCUT2D eigenvalue weighted by molar-refractivity contribution is 7.08. The monoisotopic (exact) mass is 223 g/mol. The molecule has 4 nitrogen and oxygen atoms in total. The summed E-state index contributed by atoms with van der Waals surface area (Å²) in [6.45, 7) is 1.80. The number of hydrogen-bond acceptors (Lipinski definition) is 5. The maximum absolute atomic E-state index is 11.8. The Balaban J connectivity index is 2.28. The lowest BCUT2D eigenvalue weighted by Gasteiger charge is -1.90. The molecule has 0 aliphatic heterocycles. The van der Waals surface area contributed by atoms with E-state index in [2.05, 4.69) is 4.37 Å². The summed E-state index contributed by atoms with van der Waals surface area (Å²) in [6, 6.07) is 5.01. The first-order valence-corrected chi connectivity index (χ1v) is 5.10. The van der Waals surface area contributed by atoms with Crippen LogP contribution in [0, 0.1) is 6.92 Å². The second kappa shape index (κ2) is 3.86. The summed E-state index contributed by atoms with van der Waals surface area (Å²) in [6.07, 6.45) is 0. The van der Waals surface area contributed by atoms with Crippen molar-refractivity contribution < 1.29 is 13.9 Å². The standard InChI is InChI=1S/C10H9NO3S/c1-6-3-4-7(14-6)10(12)8-5-9(13-2)11-15-8/h3-5H,1-2H3. The Labute approximate surface area is 90.7 Å². The number of furan rings is 1. The van der Waals surface area contributed by atoms with Gasteiger partial charge in [0.2, 0.25) is 11.7 Å². The predicted octanol–water partition coefficient (Wildman–Crippen LogP) is 2.28. The summed E-state index contributed by atoms with van der Waals surface area (Å²) < 4.78 is 14.1. The number of aromatic nitrogens is 1. The molecule has 78 valence electrons. The van der Waals surface area contributed by atoms with Crippen molar-refractivity contribution >= 4 is 17.3 Å². The van der Waals surface area contributed by atoms with E-state index in [9.17, 15) is 4.79 Å². The number of rotatable bonds is 3. The van der Waals surface area contributed by atoms with E-state index in [1.807, 2.05) is 0 Å². The first-order valence-electron chi connectivity index (χ1n) is 4.32. The minimum absolute atomic E-state index is 0.163. The zero-order valence-corrected chi connectivity index (χ0v) is 9.13. The Bertz CT molecular complexity index is 486. The van der Waals surface area contributed by atoms with E-state index in [4.69, 9.17) is 9.15 Å². The van der Waals surface area contributed by atoms with E-state index in [1.54, 1.807) is 25.1 Å². The highest BCUT2D eigenvalue weighted by Crippen LogP contribution is 2.20. The molecule has 0 atom stereocenters. The smallest absolute Gasteiger partial charge is 0.239 e. The summed E-state index contributed by atoms with van der Waals surface area (Å²) in [5.74, 6) is 1.34. The minimum atomic E-state index is -0.163. The molecule has 0 saturated carbocycles. The van der Waals surface area contributed by atoms with Crippen molar-refractivity contribution in [2.24, 2.45) is 0 Å². The van der Waals surface area contributed by atoms with Crippen LogP contribution < -0.4 is 4.74 Å². The van der Waals surface area contributed by atoms with Crippen LogP contribution in [0.15, 0.2) is 22.6 Å². The van der Waals surface area contributed by atoms with Gasteiger partial charge in [-0.3, -0.25) is 4.79 Å². The Hall–Kier alpha value is -1.62. The Morgan fingerprint density at radius 3 is 2.87 bits per heavy atom. The van der Waals surface area contributed by atoms with Crippen molar-refractivity contribution in [2.45, 2.75) is 6.92 Å². The van der Waals surface area contributed by atoms with Gasteiger partial charge in [0.1, 0.15) is 10.6 Å². The molecule has 2 rings (SSSR count).